The van der Waals surface area contributed by atoms with E-state index in [1.165, 1.54) is 0 Å². The maximum Gasteiger partial charge on any atom is 0.249 e. The first-order chi connectivity index (χ1) is 21.7. The zero-order chi connectivity index (χ0) is 32.1. The number of hydrogen-bond donors (Lipinski definition) is 2. The molecule has 2 N–H and O–H groups in total. The minimum absolute atomic E-state index is 0.0673. The van der Waals surface area contributed by atoms with E-state index in [2.05, 4.69) is 10.6 Å². The number of nitrogens with zero attached hydrogens (tertiary/aromatic N) is 3. The summed E-state index contributed by atoms with van der Waals surface area (Å²) in [6.45, 7) is 4.77. The fraction of sp³-hybridized carbons (Fsp3) is 0.486. The first-order valence-electron chi connectivity index (χ1n) is 16.0. The van der Waals surface area contributed by atoms with Gasteiger partial charge >= 0.3 is 0 Å². The Kier molecular flexibility index (Phi) is 10.2. The average Bonchev–Trinajstić information content (AvgIpc) is 3.69. The minimum atomic E-state index is -0.946. The van der Waals surface area contributed by atoms with Crippen molar-refractivity contribution in [3.63, 3.8) is 0 Å². The molecule has 4 heterocycles. The van der Waals surface area contributed by atoms with Crippen LogP contribution in [0.3, 0.4) is 0 Å². The van der Waals surface area contributed by atoms with Crippen molar-refractivity contribution >= 4 is 29.7 Å². The Morgan fingerprint density at radius 3 is 2.47 bits per heavy atom. The van der Waals surface area contributed by atoms with Crippen LogP contribution in [-0.4, -0.2) is 95.8 Å². The number of carbonyl (C=O) groups is 4. The highest BCUT2D eigenvalue weighted by molar-refractivity contribution is 5.96. The average molecular weight is 616 g/mol. The Bertz CT molecular complexity index is 1390. The third kappa shape index (κ3) is 7.22. The lowest BCUT2D eigenvalue weighted by molar-refractivity contribution is -0.150. The van der Waals surface area contributed by atoms with Gasteiger partial charge in [0.2, 0.25) is 23.6 Å². The number of benzene rings is 2. The van der Waals surface area contributed by atoms with E-state index in [1.807, 2.05) is 87.4 Å². The van der Waals surface area contributed by atoms with Gasteiger partial charge in [-0.2, -0.15) is 0 Å². The fourth-order valence-electron chi connectivity index (χ4n) is 6.78. The van der Waals surface area contributed by atoms with Crippen LogP contribution in [0.15, 0.2) is 60.8 Å². The standard InChI is InChI=1S/C35H45N5O5/c1-5-23(2)30(38(3)4)33(42)37-27(22-25-10-7-6-8-11-25)34(43)40-21-18-29-31(40)35(44)39-20-9-12-28(39)32(41)36-19-17-24-13-15-26(45-29)16-14-24/h6-8,10-11,13-17,19,23,27-31H,5,9,12,18,20-22H2,1-4H3,(H,36,41)(H,37,42)/t23-,27-,28-,29+,30-,31-/m0/s1. The van der Waals surface area contributed by atoms with Gasteiger partial charge in [-0.15, -0.1) is 0 Å². The number of hydrogen-bond acceptors (Lipinski definition) is 6. The maximum atomic E-state index is 14.6. The molecular weight excluding hydrogens is 570 g/mol. The highest BCUT2D eigenvalue weighted by Crippen LogP contribution is 2.30. The molecule has 0 radical (unpaired) electrons. The summed E-state index contributed by atoms with van der Waals surface area (Å²) in [4.78, 5) is 60.9. The molecular formula is C35H45N5O5. The largest absolute Gasteiger partial charge is 0.488 e. The van der Waals surface area contributed by atoms with Gasteiger partial charge in [0.15, 0.2) is 0 Å². The molecule has 2 saturated heterocycles. The van der Waals surface area contributed by atoms with Crippen molar-refractivity contribution in [2.45, 2.75) is 76.2 Å². The molecule has 45 heavy (non-hydrogen) atoms. The maximum absolute atomic E-state index is 14.6. The molecule has 0 saturated carbocycles. The van der Waals surface area contributed by atoms with E-state index in [-0.39, 0.29) is 42.5 Å². The number of carbonyl (C=O) groups excluding carboxylic acids is 4. The first-order valence-corrected chi connectivity index (χ1v) is 16.0. The van der Waals surface area contributed by atoms with Crippen molar-refractivity contribution in [2.24, 2.45) is 5.92 Å². The number of likely N-dealkylation sites (N-methyl/N-ethyl adjacent to an activating group) is 1. The van der Waals surface area contributed by atoms with Gasteiger partial charge in [0, 0.05) is 32.1 Å². The molecule has 0 unspecified atom stereocenters. The van der Waals surface area contributed by atoms with Crippen LogP contribution in [0, 0.1) is 5.92 Å². The van der Waals surface area contributed by atoms with Crippen LogP contribution >= 0.6 is 0 Å². The number of likely N-dealkylation sites (tertiary alicyclic amines) is 1. The van der Waals surface area contributed by atoms with Crippen LogP contribution in [0.4, 0.5) is 0 Å². The summed E-state index contributed by atoms with van der Waals surface area (Å²) >= 11 is 0. The number of amides is 4. The molecule has 10 heteroatoms. The van der Waals surface area contributed by atoms with Crippen molar-refractivity contribution in [2.75, 3.05) is 27.2 Å². The van der Waals surface area contributed by atoms with Gasteiger partial charge in [0.1, 0.15) is 30.0 Å². The first kappa shape index (κ1) is 32.2. The third-order valence-corrected chi connectivity index (χ3v) is 9.29. The summed E-state index contributed by atoms with van der Waals surface area (Å²) in [5.41, 5.74) is 1.79. The zero-order valence-corrected chi connectivity index (χ0v) is 26.6. The van der Waals surface area contributed by atoms with E-state index in [1.54, 1.807) is 22.1 Å². The predicted octanol–water partition coefficient (Wildman–Crippen LogP) is 2.83. The van der Waals surface area contributed by atoms with Crippen LogP contribution in [0.25, 0.3) is 6.08 Å². The van der Waals surface area contributed by atoms with E-state index in [0.717, 1.165) is 17.5 Å². The van der Waals surface area contributed by atoms with Crippen LogP contribution in [0.5, 0.6) is 5.75 Å². The smallest absolute Gasteiger partial charge is 0.249 e. The lowest BCUT2D eigenvalue weighted by Crippen LogP contribution is -2.60. The number of rotatable bonds is 8. The molecule has 10 nitrogen and oxygen atoms in total. The van der Waals surface area contributed by atoms with Crippen LogP contribution in [-0.2, 0) is 25.6 Å². The lowest BCUT2D eigenvalue weighted by Gasteiger charge is -2.35. The van der Waals surface area contributed by atoms with Gasteiger partial charge in [-0.25, -0.2) is 0 Å². The van der Waals surface area contributed by atoms with Crippen molar-refractivity contribution in [1.82, 2.24) is 25.3 Å². The Hall–Kier alpha value is -4.18. The lowest BCUT2D eigenvalue weighted by atomic mass is 9.96. The van der Waals surface area contributed by atoms with Crippen molar-refractivity contribution in [3.8, 4) is 5.75 Å². The van der Waals surface area contributed by atoms with Crippen molar-refractivity contribution < 1.29 is 23.9 Å². The van der Waals surface area contributed by atoms with Crippen LogP contribution in [0.1, 0.15) is 50.7 Å². The summed E-state index contributed by atoms with van der Waals surface area (Å²) < 4.78 is 6.40. The quantitative estimate of drug-likeness (QED) is 0.473. The number of nitrogens with one attached hydrogen (secondary N) is 2. The zero-order valence-electron chi connectivity index (χ0n) is 26.6. The Morgan fingerprint density at radius 1 is 1.04 bits per heavy atom. The molecule has 2 aromatic rings. The second-order valence-electron chi connectivity index (χ2n) is 12.6. The van der Waals surface area contributed by atoms with Gasteiger partial charge in [-0.3, -0.25) is 24.1 Å². The molecule has 4 amide bonds. The van der Waals surface area contributed by atoms with Gasteiger partial charge in [-0.05, 0) is 62.2 Å². The fourth-order valence-corrected chi connectivity index (χ4v) is 6.78. The van der Waals surface area contributed by atoms with Crippen LogP contribution in [0.2, 0.25) is 0 Å². The molecule has 4 aliphatic rings. The topological polar surface area (TPSA) is 111 Å². The highest BCUT2D eigenvalue weighted by atomic mass is 16.5. The summed E-state index contributed by atoms with van der Waals surface area (Å²) in [6, 6.07) is 14.1. The monoisotopic (exact) mass is 615 g/mol. The molecule has 0 aliphatic carbocycles. The van der Waals surface area contributed by atoms with E-state index in [9.17, 15) is 19.2 Å². The number of fused-ring (bicyclic) bond motifs is 4. The third-order valence-electron chi connectivity index (χ3n) is 9.29. The summed E-state index contributed by atoms with van der Waals surface area (Å²) in [5.74, 6) is -0.461. The molecule has 2 fully saturated rings. The second-order valence-corrected chi connectivity index (χ2v) is 12.6. The molecule has 4 aliphatic heterocycles. The van der Waals surface area contributed by atoms with E-state index >= 15 is 0 Å². The molecule has 2 aromatic carbocycles. The second kappa shape index (κ2) is 14.3. The Labute approximate surface area is 265 Å². The Morgan fingerprint density at radius 2 is 1.78 bits per heavy atom. The summed E-state index contributed by atoms with van der Waals surface area (Å²) in [7, 11) is 3.73. The van der Waals surface area contributed by atoms with E-state index in [0.29, 0.717) is 31.6 Å². The molecule has 240 valence electrons. The Balaban J connectivity index is 1.49. The van der Waals surface area contributed by atoms with Crippen molar-refractivity contribution in [3.05, 3.63) is 71.9 Å². The highest BCUT2D eigenvalue weighted by Gasteiger charge is 2.49. The van der Waals surface area contributed by atoms with Crippen LogP contribution < -0.4 is 15.4 Å². The molecule has 0 aromatic heterocycles. The molecule has 2 bridgehead atoms. The van der Waals surface area contributed by atoms with E-state index in [4.69, 9.17) is 4.74 Å². The molecule has 0 spiro atoms. The molecule has 6 rings (SSSR count). The van der Waals surface area contributed by atoms with Crippen molar-refractivity contribution in [1.29, 1.82) is 0 Å². The number of ether oxygens (including phenoxy) is 1. The van der Waals surface area contributed by atoms with Gasteiger partial charge in [-0.1, -0.05) is 62.7 Å². The summed E-state index contributed by atoms with van der Waals surface area (Å²) in [5, 5.41) is 5.91. The predicted molar refractivity (Wildman–Crippen MR) is 172 cm³/mol. The van der Waals surface area contributed by atoms with Gasteiger partial charge < -0.3 is 25.2 Å². The molecule has 6 atom stereocenters. The minimum Gasteiger partial charge on any atom is -0.488 e. The SMILES string of the molecule is CC[C@H](C)[C@@H](C(=O)N[C@@H](Cc1ccccc1)C(=O)N1CC[C@H]2Oc3ccc(cc3)C=CNC(=O)[C@@H]3CCCN3C(=O)[C@H]21)N(C)C. The normalized spacial score (nSPS) is 23.4. The van der Waals surface area contributed by atoms with Gasteiger partial charge in [0.05, 0.1) is 6.04 Å². The van der Waals surface area contributed by atoms with Gasteiger partial charge in [0.25, 0.3) is 0 Å². The van der Waals surface area contributed by atoms with E-state index < -0.39 is 30.3 Å². The summed E-state index contributed by atoms with van der Waals surface area (Å²) in [6.07, 6.45) is 5.53.